The van der Waals surface area contributed by atoms with Gasteiger partial charge in [0.05, 0.1) is 0 Å². The molecule has 0 fully saturated rings. The molecule has 2 heterocycles. The molecule has 13 heavy (non-hydrogen) atoms. The molecule has 0 spiro atoms. The molecule has 2 aromatic heterocycles. The molecule has 0 atom stereocenters. The minimum absolute atomic E-state index is 0.561. The van der Waals surface area contributed by atoms with Gasteiger partial charge < -0.3 is 0 Å². The van der Waals surface area contributed by atoms with Crippen LogP contribution < -0.4 is 0 Å². The average Bonchev–Trinajstić information content (AvgIpc) is 2.19. The molecule has 64 valence electrons. The zero-order valence-corrected chi connectivity index (χ0v) is 7.18. The zero-order valence-electron chi connectivity index (χ0n) is 7.18. The molecule has 0 amide bonds. The molecule has 4 heteroatoms. The van der Waals surface area contributed by atoms with Crippen molar-refractivity contribution in [3.63, 3.8) is 0 Å². The largest absolute Gasteiger partial charge is 0.234 e. The maximum Gasteiger partial charge on any atom is 0.197 e. The summed E-state index contributed by atoms with van der Waals surface area (Å²) in [5.41, 5.74) is 0.914. The Morgan fingerprint density at radius 2 is 1.62 bits per heavy atom. The van der Waals surface area contributed by atoms with E-state index < -0.39 is 0 Å². The SMILES string of the molecule is Cc1ccnc(-c2ncccn2)n1. The molecule has 0 radical (unpaired) electrons. The first-order valence-corrected chi connectivity index (χ1v) is 3.93. The van der Waals surface area contributed by atoms with Gasteiger partial charge in [0, 0.05) is 24.3 Å². The van der Waals surface area contributed by atoms with Crippen molar-refractivity contribution in [2.45, 2.75) is 6.92 Å². The third-order valence-electron chi connectivity index (χ3n) is 1.56. The maximum absolute atomic E-state index is 4.21. The van der Waals surface area contributed by atoms with Crippen molar-refractivity contribution in [1.82, 2.24) is 19.9 Å². The molecule has 0 aliphatic heterocycles. The number of rotatable bonds is 1. The van der Waals surface area contributed by atoms with Gasteiger partial charge in [0.15, 0.2) is 11.6 Å². The van der Waals surface area contributed by atoms with Crippen molar-refractivity contribution in [2.24, 2.45) is 0 Å². The molecular formula is C9H8N4. The molecule has 0 aromatic carbocycles. The summed E-state index contributed by atoms with van der Waals surface area (Å²) < 4.78 is 0. The minimum Gasteiger partial charge on any atom is -0.234 e. The predicted octanol–water partition coefficient (Wildman–Crippen LogP) is 1.24. The Labute approximate surface area is 75.7 Å². The van der Waals surface area contributed by atoms with E-state index in [1.165, 1.54) is 0 Å². The summed E-state index contributed by atoms with van der Waals surface area (Å²) in [6, 6.07) is 3.60. The van der Waals surface area contributed by atoms with Gasteiger partial charge in [0.1, 0.15) is 0 Å². The van der Waals surface area contributed by atoms with Crippen LogP contribution in [0.2, 0.25) is 0 Å². The molecule has 2 rings (SSSR count). The molecule has 0 saturated heterocycles. The lowest BCUT2D eigenvalue weighted by Crippen LogP contribution is -1.94. The van der Waals surface area contributed by atoms with Crippen LogP contribution >= 0.6 is 0 Å². The van der Waals surface area contributed by atoms with E-state index in [0.717, 1.165) is 5.69 Å². The number of aromatic nitrogens is 4. The third-order valence-corrected chi connectivity index (χ3v) is 1.56. The van der Waals surface area contributed by atoms with Crippen molar-refractivity contribution in [1.29, 1.82) is 0 Å². The van der Waals surface area contributed by atoms with E-state index in [9.17, 15) is 0 Å². The Bertz CT molecular complexity index is 399. The van der Waals surface area contributed by atoms with Gasteiger partial charge in [-0.25, -0.2) is 19.9 Å². The zero-order chi connectivity index (χ0) is 9.10. The molecule has 0 saturated carbocycles. The van der Waals surface area contributed by atoms with Gasteiger partial charge >= 0.3 is 0 Å². The summed E-state index contributed by atoms with van der Waals surface area (Å²) >= 11 is 0. The van der Waals surface area contributed by atoms with Crippen molar-refractivity contribution in [3.8, 4) is 11.6 Å². The summed E-state index contributed by atoms with van der Waals surface area (Å²) in [5.74, 6) is 1.13. The van der Waals surface area contributed by atoms with Crippen molar-refractivity contribution in [2.75, 3.05) is 0 Å². The van der Waals surface area contributed by atoms with Crippen molar-refractivity contribution in [3.05, 3.63) is 36.4 Å². The van der Waals surface area contributed by atoms with Crippen LogP contribution in [0.1, 0.15) is 5.69 Å². The fourth-order valence-electron chi connectivity index (χ4n) is 0.971. The first-order chi connectivity index (χ1) is 6.36. The van der Waals surface area contributed by atoms with Gasteiger partial charge in [0.2, 0.25) is 0 Å². The lowest BCUT2D eigenvalue weighted by Gasteiger charge is -1.97. The summed E-state index contributed by atoms with van der Waals surface area (Å²) in [4.78, 5) is 16.4. The number of nitrogens with zero attached hydrogens (tertiary/aromatic N) is 4. The van der Waals surface area contributed by atoms with E-state index in [0.29, 0.717) is 11.6 Å². The maximum atomic E-state index is 4.21. The normalized spacial score (nSPS) is 9.92. The lowest BCUT2D eigenvalue weighted by molar-refractivity contribution is 1.05. The van der Waals surface area contributed by atoms with Gasteiger partial charge in [-0.05, 0) is 19.1 Å². The Balaban J connectivity index is 2.48. The smallest absolute Gasteiger partial charge is 0.197 e. The van der Waals surface area contributed by atoms with Crippen LogP contribution in [0.15, 0.2) is 30.7 Å². The highest BCUT2D eigenvalue weighted by atomic mass is 15.0. The number of hydrogen-bond acceptors (Lipinski definition) is 4. The fraction of sp³-hybridized carbons (Fsp3) is 0.111. The van der Waals surface area contributed by atoms with Crippen LogP contribution in [0.5, 0.6) is 0 Å². The highest BCUT2D eigenvalue weighted by molar-refractivity contribution is 5.41. The standard InChI is InChI=1S/C9H8N4/c1-7-3-6-12-9(13-7)8-10-4-2-5-11-8/h2-6H,1H3. The highest BCUT2D eigenvalue weighted by Crippen LogP contribution is 2.06. The Hall–Kier alpha value is -1.84. The lowest BCUT2D eigenvalue weighted by atomic mass is 10.4. The van der Waals surface area contributed by atoms with E-state index in [4.69, 9.17) is 0 Å². The molecule has 4 nitrogen and oxygen atoms in total. The van der Waals surface area contributed by atoms with Crippen LogP contribution in [-0.2, 0) is 0 Å². The molecule has 0 bridgehead atoms. The van der Waals surface area contributed by atoms with E-state index >= 15 is 0 Å². The van der Waals surface area contributed by atoms with Crippen LogP contribution in [-0.4, -0.2) is 19.9 Å². The predicted molar refractivity (Wildman–Crippen MR) is 47.8 cm³/mol. The second kappa shape index (κ2) is 3.26. The molecule has 0 N–H and O–H groups in total. The van der Waals surface area contributed by atoms with Gasteiger partial charge in [0.25, 0.3) is 0 Å². The molecule has 0 unspecified atom stereocenters. The van der Waals surface area contributed by atoms with Crippen LogP contribution in [0.25, 0.3) is 11.6 Å². The monoisotopic (exact) mass is 172 g/mol. The summed E-state index contributed by atoms with van der Waals surface area (Å²) in [7, 11) is 0. The summed E-state index contributed by atoms with van der Waals surface area (Å²) in [6.07, 6.45) is 5.05. The average molecular weight is 172 g/mol. The highest BCUT2D eigenvalue weighted by Gasteiger charge is 2.01. The van der Waals surface area contributed by atoms with Crippen molar-refractivity contribution < 1.29 is 0 Å². The first kappa shape index (κ1) is 7.79. The topological polar surface area (TPSA) is 51.6 Å². The van der Waals surface area contributed by atoms with Crippen LogP contribution in [0.4, 0.5) is 0 Å². The first-order valence-electron chi connectivity index (χ1n) is 3.93. The van der Waals surface area contributed by atoms with E-state index in [1.54, 1.807) is 24.7 Å². The molecule has 0 aliphatic rings. The summed E-state index contributed by atoms with van der Waals surface area (Å²) in [5, 5.41) is 0. The van der Waals surface area contributed by atoms with Crippen LogP contribution in [0.3, 0.4) is 0 Å². The van der Waals surface area contributed by atoms with Gasteiger partial charge in [-0.1, -0.05) is 0 Å². The number of hydrogen-bond donors (Lipinski definition) is 0. The van der Waals surface area contributed by atoms with E-state index in [1.807, 2.05) is 13.0 Å². The second-order valence-corrected chi connectivity index (χ2v) is 2.59. The second-order valence-electron chi connectivity index (χ2n) is 2.59. The van der Waals surface area contributed by atoms with E-state index in [2.05, 4.69) is 19.9 Å². The van der Waals surface area contributed by atoms with Gasteiger partial charge in [-0.15, -0.1) is 0 Å². The van der Waals surface area contributed by atoms with Crippen LogP contribution in [0, 0.1) is 6.92 Å². The quantitative estimate of drug-likeness (QED) is 0.649. The molecule has 0 aliphatic carbocycles. The van der Waals surface area contributed by atoms with Gasteiger partial charge in [-0.3, -0.25) is 0 Å². The third kappa shape index (κ3) is 1.66. The molecular weight excluding hydrogens is 164 g/mol. The fourth-order valence-corrected chi connectivity index (χ4v) is 0.971. The van der Waals surface area contributed by atoms with E-state index in [-0.39, 0.29) is 0 Å². The van der Waals surface area contributed by atoms with Crippen molar-refractivity contribution >= 4 is 0 Å². The Morgan fingerprint density at radius 1 is 0.923 bits per heavy atom. The molecule has 2 aromatic rings. The number of aryl methyl sites for hydroxylation is 1. The Kier molecular flexibility index (Phi) is 1.96. The van der Waals surface area contributed by atoms with Gasteiger partial charge in [-0.2, -0.15) is 0 Å². The minimum atomic E-state index is 0.561. The Morgan fingerprint density at radius 3 is 2.31 bits per heavy atom. The summed E-state index contributed by atoms with van der Waals surface area (Å²) in [6.45, 7) is 1.91.